The van der Waals surface area contributed by atoms with Crippen molar-refractivity contribution in [1.29, 1.82) is 0 Å². The van der Waals surface area contributed by atoms with Crippen molar-refractivity contribution in [1.82, 2.24) is 5.32 Å². The first-order valence-corrected chi connectivity index (χ1v) is 6.27. The van der Waals surface area contributed by atoms with Gasteiger partial charge in [0.25, 0.3) is 0 Å². The molecule has 0 unspecified atom stereocenters. The number of unbranched alkanes of at least 4 members (excludes halogenated alkanes) is 1. The monoisotopic (exact) mass is 276 g/mol. The molecule has 0 aliphatic heterocycles. The largest absolute Gasteiger partial charge is 0.464 e. The Morgan fingerprint density at radius 3 is 2.37 bits per heavy atom. The van der Waals surface area contributed by atoms with Crippen molar-refractivity contribution < 1.29 is 23.8 Å². The number of esters is 1. The van der Waals surface area contributed by atoms with Crippen LogP contribution in [0.1, 0.15) is 19.8 Å². The first kappa shape index (κ1) is 17.8. The Hall–Kier alpha value is -1.18. The van der Waals surface area contributed by atoms with Gasteiger partial charge in [-0.05, 0) is 6.42 Å². The molecular formula is C12H24N2O5. The zero-order chi connectivity index (χ0) is 14.7. The third-order valence-corrected chi connectivity index (χ3v) is 2.36. The molecule has 0 aromatic heterocycles. The molecule has 0 aromatic carbocycles. The molecule has 0 saturated heterocycles. The van der Waals surface area contributed by atoms with Crippen molar-refractivity contribution >= 4 is 11.9 Å². The Morgan fingerprint density at radius 1 is 1.21 bits per heavy atom. The number of rotatable bonds is 10. The predicted molar refractivity (Wildman–Crippen MR) is 69.5 cm³/mol. The number of carbonyl (C=O) groups is 2. The lowest BCUT2D eigenvalue weighted by molar-refractivity contribution is -0.149. The molecule has 7 heteroatoms. The summed E-state index contributed by atoms with van der Waals surface area (Å²) in [5, 5.41) is 2.49. The topological polar surface area (TPSA) is 99.9 Å². The zero-order valence-electron chi connectivity index (χ0n) is 11.8. The fraction of sp³-hybridized carbons (Fsp3) is 0.833. The lowest BCUT2D eigenvalue weighted by Gasteiger charge is -2.19. The number of hydrogen-bond donors (Lipinski definition) is 2. The lowest BCUT2D eigenvalue weighted by Crippen LogP contribution is -2.52. The van der Waals surface area contributed by atoms with Crippen molar-refractivity contribution in [3.63, 3.8) is 0 Å². The van der Waals surface area contributed by atoms with Gasteiger partial charge >= 0.3 is 5.97 Å². The molecule has 0 aliphatic rings. The SMILES string of the molecule is CCCCOC(=O)[C@H](COC)NC(=O)[C@@H](N)COC. The molecule has 19 heavy (non-hydrogen) atoms. The maximum Gasteiger partial charge on any atom is 0.331 e. The van der Waals surface area contributed by atoms with Gasteiger partial charge in [0.2, 0.25) is 5.91 Å². The van der Waals surface area contributed by atoms with Gasteiger partial charge in [-0.2, -0.15) is 0 Å². The third kappa shape index (κ3) is 7.76. The van der Waals surface area contributed by atoms with Crippen molar-refractivity contribution in [2.75, 3.05) is 34.0 Å². The number of hydrogen-bond acceptors (Lipinski definition) is 6. The van der Waals surface area contributed by atoms with Crippen LogP contribution in [-0.2, 0) is 23.8 Å². The summed E-state index contributed by atoms with van der Waals surface area (Å²) in [6.45, 7) is 2.44. The van der Waals surface area contributed by atoms with E-state index < -0.39 is 24.0 Å². The van der Waals surface area contributed by atoms with Gasteiger partial charge in [-0.3, -0.25) is 4.79 Å². The van der Waals surface area contributed by atoms with Gasteiger partial charge in [0.1, 0.15) is 6.04 Å². The van der Waals surface area contributed by atoms with Crippen LogP contribution in [-0.4, -0.2) is 58.0 Å². The number of amides is 1. The van der Waals surface area contributed by atoms with Crippen LogP contribution in [0.4, 0.5) is 0 Å². The highest BCUT2D eigenvalue weighted by Gasteiger charge is 2.24. The number of nitrogens with one attached hydrogen (secondary N) is 1. The number of nitrogens with two attached hydrogens (primary N) is 1. The minimum atomic E-state index is -0.850. The van der Waals surface area contributed by atoms with Gasteiger partial charge in [-0.25, -0.2) is 4.79 Å². The van der Waals surface area contributed by atoms with Gasteiger partial charge < -0.3 is 25.3 Å². The van der Waals surface area contributed by atoms with E-state index in [0.29, 0.717) is 6.61 Å². The van der Waals surface area contributed by atoms with Gasteiger partial charge in [-0.15, -0.1) is 0 Å². The molecule has 0 rings (SSSR count). The molecule has 7 nitrogen and oxygen atoms in total. The molecule has 3 N–H and O–H groups in total. The van der Waals surface area contributed by atoms with Crippen LogP contribution in [0, 0.1) is 0 Å². The van der Waals surface area contributed by atoms with E-state index in [-0.39, 0.29) is 13.2 Å². The van der Waals surface area contributed by atoms with Crippen LogP contribution in [0.25, 0.3) is 0 Å². The smallest absolute Gasteiger partial charge is 0.331 e. The standard InChI is InChI=1S/C12H24N2O5/c1-4-5-6-19-12(16)10(8-18-3)14-11(15)9(13)7-17-2/h9-10H,4-8,13H2,1-3H3,(H,14,15)/t9-,10-/m0/s1. The summed E-state index contributed by atoms with van der Waals surface area (Å²) in [5.41, 5.74) is 5.56. The highest BCUT2D eigenvalue weighted by atomic mass is 16.5. The fourth-order valence-corrected chi connectivity index (χ4v) is 1.29. The Bertz CT molecular complexity index is 273. The first-order chi connectivity index (χ1) is 9.06. The van der Waals surface area contributed by atoms with Gasteiger partial charge in [0.15, 0.2) is 6.04 Å². The van der Waals surface area contributed by atoms with Crippen LogP contribution < -0.4 is 11.1 Å². The summed E-state index contributed by atoms with van der Waals surface area (Å²) in [4.78, 5) is 23.4. The quantitative estimate of drug-likeness (QED) is 0.409. The molecule has 0 heterocycles. The van der Waals surface area contributed by atoms with E-state index in [1.54, 1.807) is 0 Å². The minimum absolute atomic E-state index is 0.0381. The molecule has 0 spiro atoms. The molecule has 1 amide bonds. The highest BCUT2D eigenvalue weighted by Crippen LogP contribution is 1.95. The molecule has 112 valence electrons. The van der Waals surface area contributed by atoms with Crippen LogP contribution in [0.2, 0.25) is 0 Å². The van der Waals surface area contributed by atoms with E-state index in [9.17, 15) is 9.59 Å². The molecule has 0 radical (unpaired) electrons. The van der Waals surface area contributed by atoms with Crippen molar-refractivity contribution in [3.05, 3.63) is 0 Å². The lowest BCUT2D eigenvalue weighted by atomic mass is 10.2. The summed E-state index contributed by atoms with van der Waals surface area (Å²) in [5.74, 6) is -0.996. The summed E-state index contributed by atoms with van der Waals surface area (Å²) in [7, 11) is 2.88. The maximum absolute atomic E-state index is 11.7. The predicted octanol–water partition coefficient (Wildman–Crippen LogP) is -0.565. The van der Waals surface area contributed by atoms with E-state index in [0.717, 1.165) is 12.8 Å². The third-order valence-electron chi connectivity index (χ3n) is 2.36. The molecule has 0 fully saturated rings. The van der Waals surface area contributed by atoms with Gasteiger partial charge in [0, 0.05) is 14.2 Å². The van der Waals surface area contributed by atoms with Crippen LogP contribution in [0.3, 0.4) is 0 Å². The second-order valence-corrected chi connectivity index (χ2v) is 4.10. The van der Waals surface area contributed by atoms with E-state index in [4.69, 9.17) is 19.9 Å². The van der Waals surface area contributed by atoms with Crippen molar-refractivity contribution in [2.24, 2.45) is 5.73 Å². The number of ether oxygens (including phenoxy) is 3. The van der Waals surface area contributed by atoms with Gasteiger partial charge in [0.05, 0.1) is 19.8 Å². The first-order valence-electron chi connectivity index (χ1n) is 6.27. The Balaban J connectivity index is 4.30. The maximum atomic E-state index is 11.7. The molecule has 0 saturated carbocycles. The average molecular weight is 276 g/mol. The summed E-state index contributed by atoms with van der Waals surface area (Å²) >= 11 is 0. The van der Waals surface area contributed by atoms with Crippen molar-refractivity contribution in [3.8, 4) is 0 Å². The summed E-state index contributed by atoms with van der Waals surface area (Å²) in [6.07, 6.45) is 1.70. The van der Waals surface area contributed by atoms with E-state index in [1.807, 2.05) is 6.92 Å². The van der Waals surface area contributed by atoms with E-state index >= 15 is 0 Å². The Morgan fingerprint density at radius 2 is 1.84 bits per heavy atom. The molecule has 0 bridgehead atoms. The summed E-state index contributed by atoms with van der Waals surface area (Å²) in [6, 6.07) is -1.68. The molecule has 0 aliphatic carbocycles. The summed E-state index contributed by atoms with van der Waals surface area (Å²) < 4.78 is 14.7. The number of carbonyl (C=O) groups excluding carboxylic acids is 2. The average Bonchev–Trinajstić information content (AvgIpc) is 2.38. The Kier molecular flexibility index (Phi) is 10.1. The molecule has 0 aromatic rings. The number of methoxy groups -OCH3 is 2. The zero-order valence-corrected chi connectivity index (χ0v) is 11.8. The van der Waals surface area contributed by atoms with Crippen LogP contribution in [0.5, 0.6) is 0 Å². The molecular weight excluding hydrogens is 252 g/mol. The second kappa shape index (κ2) is 10.7. The fourth-order valence-electron chi connectivity index (χ4n) is 1.29. The molecule has 2 atom stereocenters. The second-order valence-electron chi connectivity index (χ2n) is 4.10. The highest BCUT2D eigenvalue weighted by molar-refractivity contribution is 5.87. The minimum Gasteiger partial charge on any atom is -0.464 e. The van der Waals surface area contributed by atoms with Gasteiger partial charge in [-0.1, -0.05) is 13.3 Å². The Labute approximate surface area is 113 Å². The van der Waals surface area contributed by atoms with E-state index in [1.165, 1.54) is 14.2 Å². The van der Waals surface area contributed by atoms with Crippen LogP contribution >= 0.6 is 0 Å². The van der Waals surface area contributed by atoms with E-state index in [2.05, 4.69) is 5.32 Å². The normalized spacial score (nSPS) is 13.7. The van der Waals surface area contributed by atoms with Crippen molar-refractivity contribution in [2.45, 2.75) is 31.8 Å². The van der Waals surface area contributed by atoms with Crippen LogP contribution in [0.15, 0.2) is 0 Å².